The van der Waals surface area contributed by atoms with E-state index in [1.165, 1.54) is 0 Å². The molecule has 1 saturated carbocycles. The molecule has 2 aromatic rings. The molecule has 2 aliphatic heterocycles. The summed E-state index contributed by atoms with van der Waals surface area (Å²) >= 11 is 6.28. The average molecular weight is 471 g/mol. The van der Waals surface area contributed by atoms with Crippen LogP contribution in [0.4, 0.5) is 17.1 Å². The number of hydrogen-bond acceptors (Lipinski definition) is 6. The summed E-state index contributed by atoms with van der Waals surface area (Å²) in [5.41, 5.74) is 2.82. The van der Waals surface area contributed by atoms with Gasteiger partial charge in [0.1, 0.15) is 5.75 Å². The Bertz CT molecular complexity index is 1090. The van der Waals surface area contributed by atoms with Crippen LogP contribution >= 0.6 is 11.6 Å². The number of nitrogens with zero attached hydrogens (tertiary/aromatic N) is 3. The molecular formula is C24H27ClN4O4. The number of hydrogen-bond donors (Lipinski definition) is 1. The molecule has 2 heterocycles. The molecule has 2 fully saturated rings. The third-order valence-corrected chi connectivity index (χ3v) is 7.22. The fourth-order valence-corrected chi connectivity index (χ4v) is 5.22. The van der Waals surface area contributed by atoms with Crippen LogP contribution in [0, 0.1) is 22.0 Å². The van der Waals surface area contributed by atoms with Crippen LogP contribution in [-0.2, 0) is 11.2 Å². The predicted octanol–water partition coefficient (Wildman–Crippen LogP) is 3.65. The number of piperazine rings is 1. The SMILES string of the molecule is COc1ccc(Cl)cc1N1CCN2c3ccc([N+](=O)[O-])cc3C[C@H](C(=O)NCC3CC3)[C@H]2C1. The number of nitro benzene ring substituents is 1. The number of rotatable bonds is 6. The summed E-state index contributed by atoms with van der Waals surface area (Å²) in [4.78, 5) is 28.7. The van der Waals surface area contributed by atoms with E-state index >= 15 is 0 Å². The molecule has 33 heavy (non-hydrogen) atoms. The normalized spacial score (nSPS) is 21.8. The number of halogens is 1. The van der Waals surface area contributed by atoms with Crippen LogP contribution in [0.15, 0.2) is 36.4 Å². The molecule has 2 aromatic carbocycles. The fraction of sp³-hybridized carbons (Fsp3) is 0.458. The van der Waals surface area contributed by atoms with Crippen molar-refractivity contribution in [3.05, 3.63) is 57.1 Å². The first kappa shape index (κ1) is 21.8. The molecule has 5 rings (SSSR count). The highest BCUT2D eigenvalue weighted by molar-refractivity contribution is 6.31. The van der Waals surface area contributed by atoms with Crippen molar-refractivity contribution in [1.82, 2.24) is 5.32 Å². The van der Waals surface area contributed by atoms with Gasteiger partial charge in [-0.05, 0) is 55.0 Å². The first-order valence-corrected chi connectivity index (χ1v) is 11.7. The van der Waals surface area contributed by atoms with Gasteiger partial charge in [0.2, 0.25) is 5.91 Å². The van der Waals surface area contributed by atoms with E-state index in [4.69, 9.17) is 16.3 Å². The molecule has 2 atom stereocenters. The minimum absolute atomic E-state index is 0.0222. The van der Waals surface area contributed by atoms with Gasteiger partial charge >= 0.3 is 0 Å². The molecule has 8 nitrogen and oxygen atoms in total. The highest BCUT2D eigenvalue weighted by Gasteiger charge is 2.42. The lowest BCUT2D eigenvalue weighted by Crippen LogP contribution is -2.61. The van der Waals surface area contributed by atoms with Gasteiger partial charge in [0, 0.05) is 49.0 Å². The van der Waals surface area contributed by atoms with Gasteiger partial charge in [0.25, 0.3) is 5.69 Å². The summed E-state index contributed by atoms with van der Waals surface area (Å²) in [6, 6.07) is 10.5. The van der Waals surface area contributed by atoms with Crippen LogP contribution in [0.2, 0.25) is 5.02 Å². The minimum Gasteiger partial charge on any atom is -0.495 e. The van der Waals surface area contributed by atoms with Crippen LogP contribution in [0.5, 0.6) is 5.75 Å². The molecule has 1 N–H and O–H groups in total. The second-order valence-electron chi connectivity index (χ2n) is 9.09. The van der Waals surface area contributed by atoms with Crippen LogP contribution in [-0.4, -0.2) is 50.2 Å². The van der Waals surface area contributed by atoms with Gasteiger partial charge in [-0.15, -0.1) is 0 Å². The zero-order valence-corrected chi connectivity index (χ0v) is 19.3. The lowest BCUT2D eigenvalue weighted by Gasteiger charge is -2.49. The first-order valence-electron chi connectivity index (χ1n) is 11.3. The maximum atomic E-state index is 13.3. The van der Waals surface area contributed by atoms with Gasteiger partial charge in [0.15, 0.2) is 0 Å². The summed E-state index contributed by atoms with van der Waals surface area (Å²) in [5, 5.41) is 15.1. The van der Waals surface area contributed by atoms with Crippen LogP contribution in [0.25, 0.3) is 0 Å². The van der Waals surface area contributed by atoms with E-state index in [9.17, 15) is 14.9 Å². The number of amides is 1. The van der Waals surface area contributed by atoms with Gasteiger partial charge in [-0.2, -0.15) is 0 Å². The third kappa shape index (κ3) is 4.31. The van der Waals surface area contributed by atoms with Crippen molar-refractivity contribution in [2.75, 3.05) is 43.1 Å². The van der Waals surface area contributed by atoms with Gasteiger partial charge in [-0.25, -0.2) is 0 Å². The summed E-state index contributed by atoms with van der Waals surface area (Å²) in [6.07, 6.45) is 2.81. The Balaban J connectivity index is 1.47. The number of benzene rings is 2. The number of carbonyl (C=O) groups is 1. The molecular weight excluding hydrogens is 444 g/mol. The Morgan fingerprint density at radius 3 is 2.76 bits per heavy atom. The number of anilines is 2. The van der Waals surface area contributed by atoms with Crippen molar-refractivity contribution in [3.8, 4) is 5.75 Å². The van der Waals surface area contributed by atoms with Crippen LogP contribution < -0.4 is 19.9 Å². The zero-order chi connectivity index (χ0) is 23.1. The standard InChI is InChI=1S/C24H27ClN4O4/c1-33-23-7-4-17(25)12-21(23)27-8-9-28-20-6-5-18(29(31)32)10-16(20)11-19(22(28)14-27)24(30)26-13-15-2-3-15/h4-7,10,12,15,19,22H,2-3,8-9,11,13-14H2,1H3,(H,26,30)/t19-,22+/m0/s1. The molecule has 9 heteroatoms. The van der Waals surface area contributed by atoms with Crippen LogP contribution in [0.3, 0.4) is 0 Å². The summed E-state index contributed by atoms with van der Waals surface area (Å²) in [6.45, 7) is 2.75. The Kier molecular flexibility index (Phi) is 5.78. The topological polar surface area (TPSA) is 87.9 Å². The average Bonchev–Trinajstić information content (AvgIpc) is 3.65. The zero-order valence-electron chi connectivity index (χ0n) is 18.5. The molecule has 174 valence electrons. The first-order chi connectivity index (χ1) is 15.9. The molecule has 0 spiro atoms. The van der Waals surface area contributed by atoms with E-state index in [0.29, 0.717) is 37.0 Å². The lowest BCUT2D eigenvalue weighted by atomic mass is 9.83. The number of methoxy groups -OCH3 is 1. The van der Waals surface area contributed by atoms with Crippen molar-refractivity contribution >= 4 is 34.6 Å². The van der Waals surface area contributed by atoms with Crippen molar-refractivity contribution in [3.63, 3.8) is 0 Å². The second-order valence-corrected chi connectivity index (χ2v) is 9.53. The number of nitrogens with one attached hydrogen (secondary N) is 1. The monoisotopic (exact) mass is 470 g/mol. The van der Waals surface area contributed by atoms with Gasteiger partial charge < -0.3 is 19.9 Å². The van der Waals surface area contributed by atoms with Crippen LogP contribution in [0.1, 0.15) is 18.4 Å². The van der Waals surface area contributed by atoms with Crippen molar-refractivity contribution < 1.29 is 14.5 Å². The Labute approximate surface area is 197 Å². The van der Waals surface area contributed by atoms with E-state index in [0.717, 1.165) is 42.1 Å². The molecule has 0 radical (unpaired) electrons. The molecule has 1 amide bonds. The number of nitro groups is 1. The van der Waals surface area contributed by atoms with E-state index in [2.05, 4.69) is 15.1 Å². The van der Waals surface area contributed by atoms with Gasteiger partial charge in [-0.1, -0.05) is 11.6 Å². The molecule has 0 bridgehead atoms. The molecule has 0 aromatic heterocycles. The molecule has 1 saturated heterocycles. The number of non-ortho nitro benzene ring substituents is 1. The Morgan fingerprint density at radius 1 is 1.21 bits per heavy atom. The number of ether oxygens (including phenoxy) is 1. The summed E-state index contributed by atoms with van der Waals surface area (Å²) in [7, 11) is 1.64. The van der Waals surface area contributed by atoms with E-state index in [-0.39, 0.29) is 28.5 Å². The molecule has 1 aliphatic carbocycles. The highest BCUT2D eigenvalue weighted by Crippen LogP contribution is 2.40. The van der Waals surface area contributed by atoms with Gasteiger partial charge in [0.05, 0.1) is 29.7 Å². The summed E-state index contributed by atoms with van der Waals surface area (Å²) in [5.74, 6) is 1.05. The smallest absolute Gasteiger partial charge is 0.269 e. The van der Waals surface area contributed by atoms with E-state index in [1.54, 1.807) is 25.3 Å². The summed E-state index contributed by atoms with van der Waals surface area (Å²) < 4.78 is 5.57. The highest BCUT2D eigenvalue weighted by atomic mass is 35.5. The predicted molar refractivity (Wildman–Crippen MR) is 127 cm³/mol. The lowest BCUT2D eigenvalue weighted by molar-refractivity contribution is -0.384. The van der Waals surface area contributed by atoms with E-state index < -0.39 is 0 Å². The maximum Gasteiger partial charge on any atom is 0.269 e. The quantitative estimate of drug-likeness (QED) is 0.512. The van der Waals surface area contributed by atoms with E-state index in [1.807, 2.05) is 18.2 Å². The Hall–Kier alpha value is -3.00. The number of fused-ring (bicyclic) bond motifs is 3. The second kappa shape index (κ2) is 8.74. The minimum atomic E-state index is -0.377. The largest absolute Gasteiger partial charge is 0.495 e. The van der Waals surface area contributed by atoms with Gasteiger partial charge in [-0.3, -0.25) is 14.9 Å². The molecule has 3 aliphatic rings. The molecule has 0 unspecified atom stereocenters. The van der Waals surface area contributed by atoms with Crippen molar-refractivity contribution in [1.29, 1.82) is 0 Å². The third-order valence-electron chi connectivity index (χ3n) is 6.99. The van der Waals surface area contributed by atoms with Crippen molar-refractivity contribution in [2.24, 2.45) is 11.8 Å². The maximum absolute atomic E-state index is 13.3. The van der Waals surface area contributed by atoms with Crippen molar-refractivity contribution in [2.45, 2.75) is 25.3 Å². The number of carbonyl (C=O) groups excluding carboxylic acids is 1. The Morgan fingerprint density at radius 2 is 2.03 bits per heavy atom. The fourth-order valence-electron chi connectivity index (χ4n) is 5.05.